The number of rotatable bonds is 5. The first kappa shape index (κ1) is 14.4. The second kappa shape index (κ2) is 5.66. The summed E-state index contributed by atoms with van der Waals surface area (Å²) >= 11 is 0. The Morgan fingerprint density at radius 3 is 2.67 bits per heavy atom. The van der Waals surface area contributed by atoms with Crippen molar-refractivity contribution in [3.05, 3.63) is 0 Å². The van der Waals surface area contributed by atoms with E-state index >= 15 is 0 Å². The van der Waals surface area contributed by atoms with Crippen LogP contribution in [0.1, 0.15) is 39.5 Å². The minimum absolute atomic E-state index is 0.0236. The molecular formula is C15H25N5O. The molecule has 0 saturated heterocycles. The standard InChI is InChI=1S/C15H25N5O/c1-9(2)21-15-18-13(16)17-14(19-15)20(3)8-12-7-10-4-5-11(12)6-10/h9-12H,4-8H2,1-3H3,(H2,16,17,18,19). The van der Waals surface area contributed by atoms with Crippen LogP contribution in [0.25, 0.3) is 0 Å². The Labute approximate surface area is 126 Å². The molecule has 1 aromatic rings. The van der Waals surface area contributed by atoms with Crippen LogP contribution >= 0.6 is 0 Å². The van der Waals surface area contributed by atoms with Crippen LogP contribution in [-0.4, -0.2) is 34.6 Å². The van der Waals surface area contributed by atoms with Gasteiger partial charge in [0.25, 0.3) is 0 Å². The summed E-state index contributed by atoms with van der Waals surface area (Å²) < 4.78 is 5.54. The van der Waals surface area contributed by atoms with E-state index in [0.717, 1.165) is 24.3 Å². The molecule has 2 bridgehead atoms. The first-order valence-corrected chi connectivity index (χ1v) is 7.90. The lowest BCUT2D eigenvalue weighted by molar-refractivity contribution is 0.222. The molecule has 1 aromatic heterocycles. The molecule has 2 aliphatic rings. The van der Waals surface area contributed by atoms with Crippen LogP contribution in [0.2, 0.25) is 0 Å². The molecule has 0 aromatic carbocycles. The highest BCUT2D eigenvalue weighted by atomic mass is 16.5. The van der Waals surface area contributed by atoms with E-state index in [9.17, 15) is 0 Å². The van der Waals surface area contributed by atoms with Crippen LogP contribution < -0.4 is 15.4 Å². The summed E-state index contributed by atoms with van der Waals surface area (Å²) in [6, 6.07) is 0.312. The molecular weight excluding hydrogens is 266 g/mol. The predicted octanol–water partition coefficient (Wildman–Crippen LogP) is 2.11. The topological polar surface area (TPSA) is 77.2 Å². The molecule has 2 N–H and O–H groups in total. The van der Waals surface area contributed by atoms with Gasteiger partial charge in [0.2, 0.25) is 11.9 Å². The minimum atomic E-state index is 0.0236. The second-order valence-corrected chi connectivity index (χ2v) is 6.76. The van der Waals surface area contributed by atoms with Crippen LogP contribution in [-0.2, 0) is 0 Å². The lowest BCUT2D eigenvalue weighted by atomic mass is 9.88. The number of fused-ring (bicyclic) bond motifs is 2. The van der Waals surface area contributed by atoms with Crippen molar-refractivity contribution < 1.29 is 4.74 Å². The fourth-order valence-electron chi connectivity index (χ4n) is 3.83. The molecule has 0 amide bonds. The number of nitrogens with two attached hydrogens (primary N) is 1. The Kier molecular flexibility index (Phi) is 3.87. The van der Waals surface area contributed by atoms with E-state index in [1.807, 2.05) is 20.9 Å². The fourth-order valence-corrected chi connectivity index (χ4v) is 3.83. The highest BCUT2D eigenvalue weighted by Crippen LogP contribution is 2.48. The molecule has 2 fully saturated rings. The number of aromatic nitrogens is 3. The summed E-state index contributed by atoms with van der Waals surface area (Å²) in [4.78, 5) is 14.8. The highest BCUT2D eigenvalue weighted by molar-refractivity contribution is 5.35. The van der Waals surface area contributed by atoms with Gasteiger partial charge in [-0.1, -0.05) is 6.42 Å². The van der Waals surface area contributed by atoms with Gasteiger partial charge in [-0.3, -0.25) is 0 Å². The average molecular weight is 291 g/mol. The minimum Gasteiger partial charge on any atom is -0.461 e. The summed E-state index contributed by atoms with van der Waals surface area (Å²) in [6.45, 7) is 4.88. The predicted molar refractivity (Wildman–Crippen MR) is 82.2 cm³/mol. The molecule has 3 unspecified atom stereocenters. The molecule has 6 heteroatoms. The van der Waals surface area contributed by atoms with Crippen LogP contribution in [0, 0.1) is 17.8 Å². The molecule has 0 spiro atoms. The van der Waals surface area contributed by atoms with Gasteiger partial charge in [-0.2, -0.15) is 15.0 Å². The van der Waals surface area contributed by atoms with E-state index in [2.05, 4.69) is 19.9 Å². The molecule has 3 atom stereocenters. The zero-order valence-corrected chi connectivity index (χ0v) is 13.1. The van der Waals surface area contributed by atoms with E-state index in [-0.39, 0.29) is 12.1 Å². The van der Waals surface area contributed by atoms with Gasteiger partial charge in [0.1, 0.15) is 0 Å². The summed E-state index contributed by atoms with van der Waals surface area (Å²) in [7, 11) is 2.03. The van der Waals surface area contributed by atoms with E-state index < -0.39 is 0 Å². The fraction of sp³-hybridized carbons (Fsp3) is 0.800. The van der Waals surface area contributed by atoms with Crippen molar-refractivity contribution in [3.8, 4) is 6.01 Å². The van der Waals surface area contributed by atoms with Crippen molar-refractivity contribution in [2.45, 2.75) is 45.6 Å². The Morgan fingerprint density at radius 1 is 1.24 bits per heavy atom. The lowest BCUT2D eigenvalue weighted by Gasteiger charge is -2.27. The van der Waals surface area contributed by atoms with Crippen molar-refractivity contribution >= 4 is 11.9 Å². The number of ether oxygens (including phenoxy) is 1. The van der Waals surface area contributed by atoms with Crippen molar-refractivity contribution in [1.82, 2.24) is 15.0 Å². The molecule has 2 aliphatic carbocycles. The lowest BCUT2D eigenvalue weighted by Crippen LogP contribution is -2.30. The number of nitrogen functional groups attached to an aromatic ring is 1. The Morgan fingerprint density at radius 2 is 2.05 bits per heavy atom. The van der Waals surface area contributed by atoms with E-state index in [1.54, 1.807) is 0 Å². The zero-order valence-electron chi connectivity index (χ0n) is 13.1. The average Bonchev–Trinajstić information content (AvgIpc) is 2.99. The van der Waals surface area contributed by atoms with Gasteiger partial charge in [-0.15, -0.1) is 0 Å². The zero-order chi connectivity index (χ0) is 15.0. The van der Waals surface area contributed by atoms with Crippen molar-refractivity contribution in [1.29, 1.82) is 0 Å². The monoisotopic (exact) mass is 291 g/mol. The number of nitrogens with zero attached hydrogens (tertiary/aromatic N) is 4. The van der Waals surface area contributed by atoms with E-state index in [1.165, 1.54) is 25.7 Å². The third kappa shape index (κ3) is 3.19. The molecule has 3 rings (SSSR count). The summed E-state index contributed by atoms with van der Waals surface area (Å²) in [5, 5.41) is 0. The van der Waals surface area contributed by atoms with Gasteiger partial charge in [-0.05, 0) is 50.9 Å². The normalized spacial score (nSPS) is 27.3. The Balaban J connectivity index is 1.69. The number of hydrogen-bond donors (Lipinski definition) is 1. The van der Waals surface area contributed by atoms with Crippen LogP contribution in [0.5, 0.6) is 6.01 Å². The highest BCUT2D eigenvalue weighted by Gasteiger charge is 2.39. The van der Waals surface area contributed by atoms with Crippen LogP contribution in [0.3, 0.4) is 0 Å². The van der Waals surface area contributed by atoms with Gasteiger partial charge in [0.15, 0.2) is 0 Å². The Bertz CT molecular complexity index is 507. The third-order valence-corrected chi connectivity index (χ3v) is 4.70. The summed E-state index contributed by atoms with van der Waals surface area (Å²) in [5.74, 6) is 3.44. The maximum absolute atomic E-state index is 5.77. The molecule has 21 heavy (non-hydrogen) atoms. The number of hydrogen-bond acceptors (Lipinski definition) is 6. The number of anilines is 2. The smallest absolute Gasteiger partial charge is 0.323 e. The quantitative estimate of drug-likeness (QED) is 0.895. The summed E-state index contributed by atoms with van der Waals surface area (Å²) in [5.41, 5.74) is 5.77. The molecule has 116 valence electrons. The first-order chi connectivity index (χ1) is 10.0. The Hall–Kier alpha value is -1.59. The van der Waals surface area contributed by atoms with Gasteiger partial charge in [0.05, 0.1) is 6.10 Å². The van der Waals surface area contributed by atoms with Gasteiger partial charge < -0.3 is 15.4 Å². The van der Waals surface area contributed by atoms with Gasteiger partial charge in [0, 0.05) is 13.6 Å². The maximum atomic E-state index is 5.77. The molecule has 0 aliphatic heterocycles. The van der Waals surface area contributed by atoms with Crippen LogP contribution in [0.4, 0.5) is 11.9 Å². The van der Waals surface area contributed by atoms with Crippen molar-refractivity contribution in [3.63, 3.8) is 0 Å². The SMILES string of the molecule is CC(C)Oc1nc(N)nc(N(C)CC2CC3CCC2C3)n1. The van der Waals surface area contributed by atoms with E-state index in [0.29, 0.717) is 12.0 Å². The van der Waals surface area contributed by atoms with Gasteiger partial charge in [-0.25, -0.2) is 0 Å². The van der Waals surface area contributed by atoms with Crippen LogP contribution in [0.15, 0.2) is 0 Å². The van der Waals surface area contributed by atoms with Gasteiger partial charge >= 0.3 is 6.01 Å². The maximum Gasteiger partial charge on any atom is 0.323 e. The summed E-state index contributed by atoms with van der Waals surface area (Å²) in [6.07, 6.45) is 5.61. The van der Waals surface area contributed by atoms with E-state index in [4.69, 9.17) is 10.5 Å². The largest absolute Gasteiger partial charge is 0.461 e. The molecule has 6 nitrogen and oxygen atoms in total. The first-order valence-electron chi connectivity index (χ1n) is 7.90. The molecule has 0 radical (unpaired) electrons. The second-order valence-electron chi connectivity index (χ2n) is 6.76. The third-order valence-electron chi connectivity index (χ3n) is 4.70. The molecule has 2 saturated carbocycles. The molecule has 1 heterocycles. The van der Waals surface area contributed by atoms with Crippen molar-refractivity contribution in [2.24, 2.45) is 17.8 Å². The van der Waals surface area contributed by atoms with Crippen molar-refractivity contribution in [2.75, 3.05) is 24.2 Å².